The fourth-order valence-corrected chi connectivity index (χ4v) is 4.40. The number of aliphatic hydroxyl groups is 1. The number of fused-ring (bicyclic) bond motifs is 1. The number of pyridine rings is 1. The third-order valence-corrected chi connectivity index (χ3v) is 6.38. The summed E-state index contributed by atoms with van der Waals surface area (Å²) in [6.07, 6.45) is 3.51. The monoisotopic (exact) mass is 442 g/mol. The first-order chi connectivity index (χ1) is 13.4. The molecule has 1 aromatic carbocycles. The quantitative estimate of drug-likeness (QED) is 0.633. The number of hydrogen-bond donors (Lipinski definition) is 1. The van der Waals surface area contributed by atoms with Gasteiger partial charge in [0.15, 0.2) is 5.78 Å². The third kappa shape index (κ3) is 4.68. The zero-order valence-electron chi connectivity index (χ0n) is 16.2. The van der Waals surface area contributed by atoms with Gasteiger partial charge in [-0.05, 0) is 30.5 Å². The van der Waals surface area contributed by atoms with Crippen LogP contribution in [0.15, 0.2) is 35.4 Å². The Kier molecular flexibility index (Phi) is 6.74. The van der Waals surface area contributed by atoms with E-state index in [4.69, 9.17) is 9.47 Å². The Morgan fingerprint density at radius 2 is 2.07 bits per heavy atom. The van der Waals surface area contributed by atoms with Crippen molar-refractivity contribution in [3.05, 3.63) is 46.3 Å². The van der Waals surface area contributed by atoms with Gasteiger partial charge in [0, 0.05) is 18.0 Å². The van der Waals surface area contributed by atoms with Crippen LogP contribution in [0.3, 0.4) is 0 Å². The first kappa shape index (κ1) is 22.7. The van der Waals surface area contributed by atoms with Crippen LogP contribution in [0.2, 0.25) is 0 Å². The number of ether oxygens (including phenoxy) is 2. The molecule has 0 radical (unpaired) electrons. The molecule has 2 heterocycles. The summed E-state index contributed by atoms with van der Waals surface area (Å²) >= 11 is 0. The number of benzene rings is 1. The number of carbonyl (C=O) groups excluding carboxylic acids is 1. The van der Waals surface area contributed by atoms with Gasteiger partial charge in [-0.15, -0.1) is 5.69 Å². The minimum atomic E-state index is -4.16. The van der Waals surface area contributed by atoms with Crippen LogP contribution in [0.5, 0.6) is 11.6 Å². The van der Waals surface area contributed by atoms with E-state index in [0.717, 1.165) is 12.8 Å². The Bertz CT molecular complexity index is 1050. The number of methoxy groups -OCH3 is 1. The molecule has 1 aliphatic carbocycles. The first-order valence-corrected chi connectivity index (χ1v) is 10.2. The van der Waals surface area contributed by atoms with Gasteiger partial charge in [-0.1, -0.05) is 12.1 Å². The third-order valence-electron chi connectivity index (χ3n) is 5.06. The van der Waals surface area contributed by atoms with Crippen LogP contribution in [0.4, 0.5) is 5.69 Å². The molecule has 1 spiro atoms. The Morgan fingerprint density at radius 1 is 1.31 bits per heavy atom. The molecule has 0 saturated heterocycles. The van der Waals surface area contributed by atoms with Gasteiger partial charge in [-0.3, -0.25) is 4.79 Å². The molecule has 2 aliphatic rings. The maximum Gasteiger partial charge on any atom is 1.00 e. The molecule has 1 saturated carbocycles. The van der Waals surface area contributed by atoms with E-state index >= 15 is 0 Å². The van der Waals surface area contributed by atoms with E-state index in [1.54, 1.807) is 6.07 Å². The van der Waals surface area contributed by atoms with Crippen molar-refractivity contribution in [2.45, 2.75) is 30.8 Å². The zero-order valence-corrected chi connectivity index (χ0v) is 20.2. The van der Waals surface area contributed by atoms with Crippen molar-refractivity contribution in [2.75, 3.05) is 13.7 Å². The van der Waals surface area contributed by atoms with Crippen molar-refractivity contribution in [3.8, 4) is 11.6 Å². The first-order valence-electron chi connectivity index (χ1n) is 8.78. The molecule has 148 valence electrons. The minimum Gasteiger partial charge on any atom is -0.571 e. The van der Waals surface area contributed by atoms with Crippen LogP contribution in [0.1, 0.15) is 35.2 Å². The van der Waals surface area contributed by atoms with E-state index in [1.807, 2.05) is 0 Å². The van der Waals surface area contributed by atoms with Crippen LogP contribution >= 0.6 is 0 Å². The number of hydrogen-bond acceptors (Lipinski definition) is 7. The van der Waals surface area contributed by atoms with E-state index < -0.39 is 10.0 Å². The Balaban J connectivity index is 0.00000240. The number of Topliss-reactive ketones (excluding diaryl/α,β-unsaturated/α-hetero) is 1. The van der Waals surface area contributed by atoms with Gasteiger partial charge in [-0.25, -0.2) is 13.4 Å². The van der Waals surface area contributed by atoms with Crippen molar-refractivity contribution in [2.24, 2.45) is 5.41 Å². The molecular weight excluding hydrogens is 423 g/mol. The van der Waals surface area contributed by atoms with E-state index in [-0.39, 0.29) is 97.0 Å². The molecule has 29 heavy (non-hydrogen) atoms. The van der Waals surface area contributed by atoms with Crippen molar-refractivity contribution in [3.63, 3.8) is 0 Å². The van der Waals surface area contributed by atoms with Gasteiger partial charge in [0.05, 0.1) is 30.8 Å². The number of sulfonamides is 1. The molecule has 1 N–H and O–H groups in total. The molecule has 0 bridgehead atoms. The van der Waals surface area contributed by atoms with Crippen LogP contribution in [-0.4, -0.2) is 38.0 Å². The zero-order chi connectivity index (χ0) is 19.9. The number of rotatable bonds is 5. The van der Waals surface area contributed by atoms with Gasteiger partial charge in [0.2, 0.25) is 5.88 Å². The van der Waals surface area contributed by atoms with Crippen LogP contribution in [0.25, 0.3) is 4.72 Å². The molecule has 0 amide bonds. The second-order valence-electron chi connectivity index (χ2n) is 7.14. The van der Waals surface area contributed by atoms with Crippen molar-refractivity contribution in [1.82, 2.24) is 4.98 Å². The molecule has 0 unspecified atom stereocenters. The number of nitrogens with zero attached hydrogens (tertiary/aromatic N) is 2. The summed E-state index contributed by atoms with van der Waals surface area (Å²) in [7, 11) is -2.81. The summed E-state index contributed by atoms with van der Waals surface area (Å²) < 4.78 is 40.2. The average molecular weight is 443 g/mol. The molecule has 0 atom stereocenters. The summed E-state index contributed by atoms with van der Waals surface area (Å²) in [5.74, 6) is 0.204. The summed E-state index contributed by atoms with van der Waals surface area (Å²) in [4.78, 5) is 16.5. The van der Waals surface area contributed by atoms with Gasteiger partial charge >= 0.3 is 51.4 Å². The Morgan fingerprint density at radius 3 is 2.72 bits per heavy atom. The largest absolute Gasteiger partial charge is 1.00 e. The predicted molar refractivity (Wildman–Crippen MR) is 99.5 cm³/mol. The number of aliphatic hydroxyl groups excluding tert-OH is 1. The predicted octanol–water partition coefficient (Wildman–Crippen LogP) is -0.274. The van der Waals surface area contributed by atoms with E-state index in [1.165, 1.54) is 31.5 Å². The minimum absolute atomic E-state index is 0. The summed E-state index contributed by atoms with van der Waals surface area (Å²) in [5.41, 5.74) is 0.586. The standard InChI is InChI=1S/C19H19N2O6S.K/c1-26-16-3-2-12(10-22)6-17(16)28(24,25)21-13-7-14-15(23)8-19(4-5-19)11-27-18(14)20-9-13;/h2-3,6-7,9,22H,4-5,8,10-11H2,1H3;/q-1;+1. The summed E-state index contributed by atoms with van der Waals surface area (Å²) in [6, 6.07) is 5.72. The number of aromatic nitrogens is 1. The van der Waals surface area contributed by atoms with Crippen molar-refractivity contribution >= 4 is 21.5 Å². The Labute approximate surface area is 211 Å². The SMILES string of the molecule is COc1ccc(CO)cc1S(=O)(=O)[N-]c1cnc2c(c1)C(=O)CC1(CC1)CO2.[K+]. The smallest absolute Gasteiger partial charge is 0.571 e. The van der Waals surface area contributed by atoms with E-state index in [2.05, 4.69) is 9.71 Å². The molecular formula is C19H19KN2O6S. The van der Waals surface area contributed by atoms with Crippen molar-refractivity contribution in [1.29, 1.82) is 0 Å². The Hall–Kier alpha value is -1.01. The van der Waals surface area contributed by atoms with Gasteiger partial charge in [0.1, 0.15) is 15.8 Å². The molecule has 1 aliphatic heterocycles. The van der Waals surface area contributed by atoms with Crippen LogP contribution in [-0.2, 0) is 16.6 Å². The fourth-order valence-electron chi connectivity index (χ4n) is 3.22. The number of carbonyl (C=O) groups is 1. The maximum atomic E-state index is 12.8. The molecule has 4 rings (SSSR count). The molecule has 10 heteroatoms. The summed E-state index contributed by atoms with van der Waals surface area (Å²) in [5, 5.41) is 9.29. The normalized spacial score (nSPS) is 16.8. The topological polar surface area (TPSA) is 117 Å². The fraction of sp³-hybridized carbons (Fsp3) is 0.368. The second-order valence-corrected chi connectivity index (χ2v) is 8.72. The van der Waals surface area contributed by atoms with Gasteiger partial charge < -0.3 is 19.3 Å². The van der Waals surface area contributed by atoms with Crippen LogP contribution in [0, 0.1) is 5.41 Å². The number of ketones is 1. The van der Waals surface area contributed by atoms with E-state index in [0.29, 0.717) is 18.6 Å². The second kappa shape index (κ2) is 8.62. The summed E-state index contributed by atoms with van der Waals surface area (Å²) in [6.45, 7) is 0.124. The van der Waals surface area contributed by atoms with Gasteiger partial charge in [0.25, 0.3) is 0 Å². The average Bonchev–Trinajstić information content (AvgIpc) is 3.47. The molecule has 8 nitrogen and oxygen atoms in total. The van der Waals surface area contributed by atoms with Crippen molar-refractivity contribution < 1.29 is 79.2 Å². The molecule has 1 fully saturated rings. The molecule has 2 aromatic rings. The molecule has 1 aromatic heterocycles. The van der Waals surface area contributed by atoms with E-state index in [9.17, 15) is 18.3 Å². The maximum absolute atomic E-state index is 12.8. The van der Waals surface area contributed by atoms with Gasteiger partial charge in [-0.2, -0.15) is 0 Å². The van der Waals surface area contributed by atoms with Crippen LogP contribution < -0.4 is 60.9 Å².